The third-order valence-electron chi connectivity index (χ3n) is 3.73. The first-order valence-corrected chi connectivity index (χ1v) is 7.38. The number of morpholine rings is 1. The lowest BCUT2D eigenvalue weighted by molar-refractivity contribution is -0.128. The molecule has 5 nitrogen and oxygen atoms in total. The number of rotatable bonds is 3. The van der Waals surface area contributed by atoms with Crippen LogP contribution in [0.1, 0.15) is 5.56 Å². The molecule has 3 rings (SSSR count). The average molecular weight is 370 g/mol. The van der Waals surface area contributed by atoms with Crippen molar-refractivity contribution in [1.82, 2.24) is 10.3 Å². The Morgan fingerprint density at radius 1 is 1.21 bits per heavy atom. The first-order valence-electron chi connectivity index (χ1n) is 7.38. The average Bonchev–Trinajstić information content (AvgIpc) is 2.58. The summed E-state index contributed by atoms with van der Waals surface area (Å²) in [5, 5.41) is 6.13. The fourth-order valence-electron chi connectivity index (χ4n) is 2.43. The smallest absolute Gasteiger partial charge is 0.254 e. The van der Waals surface area contributed by atoms with Gasteiger partial charge in [0.1, 0.15) is 6.10 Å². The van der Waals surface area contributed by atoms with Gasteiger partial charge in [-0.05, 0) is 41.8 Å². The number of nitrogens with one attached hydrogen (secondary N) is 2. The molecule has 1 aromatic carbocycles. The Kier molecular flexibility index (Phi) is 8.15. The Morgan fingerprint density at radius 2 is 1.96 bits per heavy atom. The van der Waals surface area contributed by atoms with E-state index in [1.165, 1.54) is 0 Å². The van der Waals surface area contributed by atoms with Crippen molar-refractivity contribution in [3.05, 3.63) is 48.3 Å². The van der Waals surface area contributed by atoms with E-state index in [9.17, 15) is 4.79 Å². The summed E-state index contributed by atoms with van der Waals surface area (Å²) in [6, 6.07) is 9.93. The second-order valence-corrected chi connectivity index (χ2v) is 5.32. The maximum absolute atomic E-state index is 12.3. The van der Waals surface area contributed by atoms with Crippen molar-refractivity contribution in [3.63, 3.8) is 0 Å². The second kappa shape index (κ2) is 9.59. The van der Waals surface area contributed by atoms with Crippen molar-refractivity contribution in [2.75, 3.05) is 25.0 Å². The van der Waals surface area contributed by atoms with E-state index in [2.05, 4.69) is 15.6 Å². The summed E-state index contributed by atoms with van der Waals surface area (Å²) in [6.45, 7) is 3.88. The number of ether oxygens (including phenoxy) is 1. The number of nitrogens with zero attached hydrogens (tertiary/aromatic N) is 1. The van der Waals surface area contributed by atoms with E-state index in [1.807, 2.05) is 37.3 Å². The third kappa shape index (κ3) is 4.92. The minimum absolute atomic E-state index is 0. The van der Waals surface area contributed by atoms with Gasteiger partial charge in [-0.15, -0.1) is 24.8 Å². The highest BCUT2D eigenvalue weighted by Crippen LogP contribution is 2.25. The molecule has 2 aromatic rings. The number of pyridine rings is 1. The highest BCUT2D eigenvalue weighted by molar-refractivity contribution is 5.95. The van der Waals surface area contributed by atoms with Gasteiger partial charge >= 0.3 is 0 Å². The zero-order valence-electron chi connectivity index (χ0n) is 13.3. The monoisotopic (exact) mass is 369 g/mol. The number of amides is 1. The van der Waals surface area contributed by atoms with Crippen LogP contribution >= 0.6 is 24.8 Å². The van der Waals surface area contributed by atoms with Crippen LogP contribution in [0.25, 0.3) is 11.1 Å². The molecule has 1 aliphatic heterocycles. The molecule has 1 amide bonds. The van der Waals surface area contributed by atoms with Gasteiger partial charge in [0.25, 0.3) is 5.91 Å². The van der Waals surface area contributed by atoms with Crippen LogP contribution in [0, 0.1) is 6.92 Å². The number of carbonyl (C=O) groups is 1. The van der Waals surface area contributed by atoms with Gasteiger partial charge in [-0.1, -0.05) is 12.1 Å². The number of aromatic nitrogens is 1. The summed E-state index contributed by atoms with van der Waals surface area (Å²) >= 11 is 0. The second-order valence-electron chi connectivity index (χ2n) is 5.32. The molecule has 1 aliphatic rings. The van der Waals surface area contributed by atoms with Gasteiger partial charge in [-0.25, -0.2) is 0 Å². The molecule has 1 unspecified atom stereocenters. The van der Waals surface area contributed by atoms with E-state index in [0.29, 0.717) is 13.2 Å². The van der Waals surface area contributed by atoms with Crippen molar-refractivity contribution in [2.24, 2.45) is 0 Å². The number of anilines is 1. The van der Waals surface area contributed by atoms with Crippen molar-refractivity contribution in [1.29, 1.82) is 0 Å². The molecule has 1 atom stereocenters. The standard InChI is InChI=1S/C17H19N3O2.2ClH/c1-12-2-3-14(13-4-6-18-7-5-13)10-15(12)20-17(21)16-11-19-8-9-22-16;;/h2-7,10,16,19H,8-9,11H2,1H3,(H,20,21);2*1H. The highest BCUT2D eigenvalue weighted by atomic mass is 35.5. The van der Waals surface area contributed by atoms with E-state index in [4.69, 9.17) is 4.74 Å². The Labute approximate surface area is 154 Å². The lowest BCUT2D eigenvalue weighted by atomic mass is 10.0. The molecule has 0 saturated carbocycles. The molecular formula is C17H21Cl2N3O2. The molecule has 0 bridgehead atoms. The van der Waals surface area contributed by atoms with Gasteiger partial charge in [0.15, 0.2) is 0 Å². The van der Waals surface area contributed by atoms with Crippen LogP contribution < -0.4 is 10.6 Å². The van der Waals surface area contributed by atoms with Crippen LogP contribution in [-0.4, -0.2) is 36.7 Å². The SMILES string of the molecule is Cc1ccc(-c2ccncc2)cc1NC(=O)C1CNCCO1.Cl.Cl. The number of hydrogen-bond acceptors (Lipinski definition) is 4. The van der Waals surface area contributed by atoms with E-state index < -0.39 is 6.10 Å². The van der Waals surface area contributed by atoms with E-state index >= 15 is 0 Å². The number of hydrogen-bond donors (Lipinski definition) is 2. The summed E-state index contributed by atoms with van der Waals surface area (Å²) < 4.78 is 5.48. The molecule has 0 radical (unpaired) electrons. The number of carbonyl (C=O) groups excluding carboxylic acids is 1. The van der Waals surface area contributed by atoms with E-state index in [1.54, 1.807) is 12.4 Å². The number of halogens is 2. The maximum atomic E-state index is 12.3. The summed E-state index contributed by atoms with van der Waals surface area (Å²) in [7, 11) is 0. The molecule has 1 aromatic heterocycles. The quantitative estimate of drug-likeness (QED) is 0.872. The Morgan fingerprint density at radius 3 is 2.62 bits per heavy atom. The molecule has 1 fully saturated rings. The minimum Gasteiger partial charge on any atom is -0.366 e. The molecule has 0 spiro atoms. The Bertz CT molecular complexity index is 662. The van der Waals surface area contributed by atoms with Gasteiger partial charge in [0.05, 0.1) is 6.61 Å². The molecule has 130 valence electrons. The maximum Gasteiger partial charge on any atom is 0.254 e. The fraction of sp³-hybridized carbons (Fsp3) is 0.294. The normalized spacial score (nSPS) is 16.5. The predicted molar refractivity (Wildman–Crippen MR) is 100 cm³/mol. The lowest BCUT2D eigenvalue weighted by Crippen LogP contribution is -2.45. The van der Waals surface area contributed by atoms with Crippen molar-refractivity contribution in [2.45, 2.75) is 13.0 Å². The minimum atomic E-state index is -0.433. The zero-order chi connectivity index (χ0) is 15.4. The van der Waals surface area contributed by atoms with Crippen molar-refractivity contribution < 1.29 is 9.53 Å². The number of aryl methyl sites for hydroxylation is 1. The number of benzene rings is 1. The summed E-state index contributed by atoms with van der Waals surface area (Å²) in [6.07, 6.45) is 3.09. The van der Waals surface area contributed by atoms with Crippen LogP contribution in [0.15, 0.2) is 42.7 Å². The molecule has 0 aliphatic carbocycles. The van der Waals surface area contributed by atoms with Gasteiger partial charge in [-0.3, -0.25) is 9.78 Å². The molecule has 1 saturated heterocycles. The Balaban J connectivity index is 0.00000144. The van der Waals surface area contributed by atoms with Crippen LogP contribution in [0.5, 0.6) is 0 Å². The topological polar surface area (TPSA) is 63.2 Å². The van der Waals surface area contributed by atoms with E-state index in [-0.39, 0.29) is 30.7 Å². The van der Waals surface area contributed by atoms with Crippen LogP contribution in [0.2, 0.25) is 0 Å². The molecular weight excluding hydrogens is 349 g/mol. The van der Waals surface area contributed by atoms with Crippen molar-refractivity contribution >= 4 is 36.4 Å². The van der Waals surface area contributed by atoms with Crippen LogP contribution in [0.3, 0.4) is 0 Å². The third-order valence-corrected chi connectivity index (χ3v) is 3.73. The summed E-state index contributed by atoms with van der Waals surface area (Å²) in [5.41, 5.74) is 3.95. The summed E-state index contributed by atoms with van der Waals surface area (Å²) in [4.78, 5) is 16.3. The van der Waals surface area contributed by atoms with E-state index in [0.717, 1.165) is 28.9 Å². The Hall–Kier alpha value is -1.66. The molecule has 7 heteroatoms. The first-order chi connectivity index (χ1) is 10.7. The molecule has 2 heterocycles. The van der Waals surface area contributed by atoms with Gasteiger partial charge < -0.3 is 15.4 Å². The van der Waals surface area contributed by atoms with Crippen molar-refractivity contribution in [3.8, 4) is 11.1 Å². The van der Waals surface area contributed by atoms with Crippen LogP contribution in [0.4, 0.5) is 5.69 Å². The molecule has 24 heavy (non-hydrogen) atoms. The zero-order valence-corrected chi connectivity index (χ0v) is 15.0. The van der Waals surface area contributed by atoms with Gasteiger partial charge in [0.2, 0.25) is 0 Å². The van der Waals surface area contributed by atoms with Gasteiger partial charge in [0, 0.05) is 31.2 Å². The summed E-state index contributed by atoms with van der Waals surface area (Å²) in [5.74, 6) is -0.109. The van der Waals surface area contributed by atoms with Crippen LogP contribution in [-0.2, 0) is 9.53 Å². The predicted octanol–water partition coefficient (Wildman–Crippen LogP) is 2.83. The first kappa shape index (κ1) is 20.4. The van der Waals surface area contributed by atoms with Gasteiger partial charge in [-0.2, -0.15) is 0 Å². The fourth-order valence-corrected chi connectivity index (χ4v) is 2.43. The molecule has 2 N–H and O–H groups in total. The highest BCUT2D eigenvalue weighted by Gasteiger charge is 2.22. The lowest BCUT2D eigenvalue weighted by Gasteiger charge is -2.23. The largest absolute Gasteiger partial charge is 0.366 e.